The van der Waals surface area contributed by atoms with Crippen LogP contribution in [0.25, 0.3) is 0 Å². The highest BCUT2D eigenvalue weighted by molar-refractivity contribution is 9.11. The summed E-state index contributed by atoms with van der Waals surface area (Å²) in [6.07, 6.45) is 1.35. The molecule has 1 heterocycles. The van der Waals surface area contributed by atoms with Crippen LogP contribution >= 0.6 is 43.6 Å². The molecule has 2 rings (SSSR count). The van der Waals surface area contributed by atoms with Gasteiger partial charge in [0.15, 0.2) is 0 Å². The second kappa shape index (κ2) is 5.60. The smallest absolute Gasteiger partial charge is 0.0496 e. The lowest BCUT2D eigenvalue weighted by molar-refractivity contribution is 0.631. The predicted octanol–water partition coefficient (Wildman–Crippen LogP) is 4.38. The Morgan fingerprint density at radius 3 is 3.00 bits per heavy atom. The molecular formula is C11H13Br2NS. The third-order valence-corrected chi connectivity index (χ3v) is 4.95. The van der Waals surface area contributed by atoms with Gasteiger partial charge in [-0.2, -0.15) is 11.8 Å². The van der Waals surface area contributed by atoms with Crippen molar-refractivity contribution in [2.24, 2.45) is 5.92 Å². The molecule has 15 heavy (non-hydrogen) atoms. The first-order chi connectivity index (χ1) is 7.25. The molecule has 82 valence electrons. The largest absolute Gasteiger partial charge is 0.384 e. The van der Waals surface area contributed by atoms with Crippen LogP contribution in [-0.4, -0.2) is 18.1 Å². The zero-order valence-corrected chi connectivity index (χ0v) is 12.3. The summed E-state index contributed by atoms with van der Waals surface area (Å²) in [4.78, 5) is 0. The second-order valence-electron chi connectivity index (χ2n) is 3.73. The van der Waals surface area contributed by atoms with Gasteiger partial charge in [-0.3, -0.25) is 0 Å². The van der Waals surface area contributed by atoms with Gasteiger partial charge in [-0.25, -0.2) is 0 Å². The van der Waals surface area contributed by atoms with Crippen LogP contribution < -0.4 is 5.32 Å². The van der Waals surface area contributed by atoms with Crippen molar-refractivity contribution in [2.45, 2.75) is 6.42 Å². The number of thioether (sulfide) groups is 1. The van der Waals surface area contributed by atoms with Crippen LogP contribution in [0.5, 0.6) is 0 Å². The maximum absolute atomic E-state index is 3.55. The van der Waals surface area contributed by atoms with E-state index in [1.54, 1.807) is 0 Å². The summed E-state index contributed by atoms with van der Waals surface area (Å²) in [6, 6.07) is 6.22. The van der Waals surface area contributed by atoms with Gasteiger partial charge < -0.3 is 5.32 Å². The Labute approximate surface area is 112 Å². The quantitative estimate of drug-likeness (QED) is 0.868. The van der Waals surface area contributed by atoms with E-state index in [0.717, 1.165) is 21.4 Å². The fraction of sp³-hybridized carbons (Fsp3) is 0.455. The molecule has 1 aromatic rings. The van der Waals surface area contributed by atoms with Crippen LogP contribution in [0.1, 0.15) is 6.42 Å². The Morgan fingerprint density at radius 2 is 2.27 bits per heavy atom. The van der Waals surface area contributed by atoms with Crippen LogP contribution in [-0.2, 0) is 0 Å². The number of rotatable bonds is 3. The highest BCUT2D eigenvalue weighted by Gasteiger charge is 2.15. The fourth-order valence-corrected chi connectivity index (χ4v) is 3.66. The average molecular weight is 351 g/mol. The fourth-order valence-electron chi connectivity index (χ4n) is 1.63. The molecule has 0 radical (unpaired) electrons. The number of halogens is 2. The predicted molar refractivity (Wildman–Crippen MR) is 75.8 cm³/mol. The molecule has 0 bridgehead atoms. The first-order valence-electron chi connectivity index (χ1n) is 5.02. The summed E-state index contributed by atoms with van der Waals surface area (Å²) in [5.41, 5.74) is 1.18. The molecule has 0 saturated carbocycles. The lowest BCUT2D eigenvalue weighted by atomic mass is 10.1. The number of anilines is 1. The van der Waals surface area contributed by atoms with E-state index in [4.69, 9.17) is 0 Å². The van der Waals surface area contributed by atoms with Crippen molar-refractivity contribution in [1.82, 2.24) is 0 Å². The van der Waals surface area contributed by atoms with Crippen molar-refractivity contribution in [1.29, 1.82) is 0 Å². The third-order valence-electron chi connectivity index (χ3n) is 2.53. The summed E-state index contributed by atoms with van der Waals surface area (Å²) in [5.74, 6) is 3.46. The van der Waals surface area contributed by atoms with Crippen LogP contribution in [0, 0.1) is 5.92 Å². The van der Waals surface area contributed by atoms with E-state index in [1.807, 2.05) is 6.07 Å². The molecule has 1 aliphatic heterocycles. The number of nitrogens with one attached hydrogen (secondary N) is 1. The van der Waals surface area contributed by atoms with Gasteiger partial charge >= 0.3 is 0 Å². The Hall–Kier alpha value is 0.330. The first-order valence-corrected chi connectivity index (χ1v) is 7.76. The van der Waals surface area contributed by atoms with Crippen LogP contribution in [0.15, 0.2) is 27.1 Å². The van der Waals surface area contributed by atoms with Crippen molar-refractivity contribution in [3.8, 4) is 0 Å². The van der Waals surface area contributed by atoms with Crippen molar-refractivity contribution in [2.75, 3.05) is 23.4 Å². The van der Waals surface area contributed by atoms with Crippen molar-refractivity contribution >= 4 is 49.3 Å². The molecule has 1 atom stereocenters. The Balaban J connectivity index is 1.94. The van der Waals surface area contributed by atoms with Crippen LogP contribution in [0.4, 0.5) is 5.69 Å². The van der Waals surface area contributed by atoms with Crippen LogP contribution in [0.3, 0.4) is 0 Å². The Morgan fingerprint density at radius 1 is 1.40 bits per heavy atom. The van der Waals surface area contributed by atoms with Crippen LogP contribution in [0.2, 0.25) is 0 Å². The first kappa shape index (κ1) is 11.8. The van der Waals surface area contributed by atoms with E-state index in [1.165, 1.54) is 23.6 Å². The van der Waals surface area contributed by atoms with Gasteiger partial charge in [-0.1, -0.05) is 15.9 Å². The summed E-state index contributed by atoms with van der Waals surface area (Å²) >= 11 is 9.10. The summed E-state index contributed by atoms with van der Waals surface area (Å²) in [5, 5.41) is 3.51. The molecular weight excluding hydrogens is 338 g/mol. The normalized spacial score (nSPS) is 20.5. The van der Waals surface area contributed by atoms with E-state index in [0.29, 0.717) is 0 Å². The number of hydrogen-bond donors (Lipinski definition) is 1. The van der Waals surface area contributed by atoms with E-state index < -0.39 is 0 Å². The van der Waals surface area contributed by atoms with Crippen molar-refractivity contribution in [3.63, 3.8) is 0 Å². The lowest BCUT2D eigenvalue weighted by Gasteiger charge is -2.12. The molecule has 1 nitrogen and oxygen atoms in total. The van der Waals surface area contributed by atoms with E-state index in [-0.39, 0.29) is 0 Å². The van der Waals surface area contributed by atoms with Gasteiger partial charge in [0.2, 0.25) is 0 Å². The van der Waals surface area contributed by atoms with Gasteiger partial charge in [0.1, 0.15) is 0 Å². The Bertz CT molecular complexity index is 337. The van der Waals surface area contributed by atoms with Gasteiger partial charge in [0, 0.05) is 21.2 Å². The molecule has 1 saturated heterocycles. The zero-order valence-electron chi connectivity index (χ0n) is 8.30. The van der Waals surface area contributed by atoms with Gasteiger partial charge in [0.05, 0.1) is 0 Å². The van der Waals surface area contributed by atoms with Gasteiger partial charge in [-0.15, -0.1) is 0 Å². The van der Waals surface area contributed by atoms with Crippen molar-refractivity contribution in [3.05, 3.63) is 27.1 Å². The van der Waals surface area contributed by atoms with Crippen molar-refractivity contribution < 1.29 is 0 Å². The van der Waals surface area contributed by atoms with E-state index >= 15 is 0 Å². The second-order valence-corrected chi connectivity index (χ2v) is 6.65. The van der Waals surface area contributed by atoms with Gasteiger partial charge in [-0.05, 0) is 58.0 Å². The number of benzene rings is 1. The Kier molecular flexibility index (Phi) is 4.40. The molecule has 1 aromatic carbocycles. The summed E-state index contributed by atoms with van der Waals surface area (Å²) in [6.45, 7) is 1.09. The molecule has 1 aliphatic rings. The third kappa shape index (κ3) is 3.40. The van der Waals surface area contributed by atoms with E-state index in [2.05, 4.69) is 61.1 Å². The lowest BCUT2D eigenvalue weighted by Crippen LogP contribution is -2.13. The molecule has 0 amide bonds. The topological polar surface area (TPSA) is 12.0 Å². The minimum atomic E-state index is 0.834. The average Bonchev–Trinajstić information content (AvgIpc) is 2.72. The molecule has 1 N–H and O–H groups in total. The van der Waals surface area contributed by atoms with E-state index in [9.17, 15) is 0 Å². The zero-order chi connectivity index (χ0) is 10.7. The minimum Gasteiger partial charge on any atom is -0.384 e. The highest BCUT2D eigenvalue weighted by atomic mass is 79.9. The molecule has 1 unspecified atom stereocenters. The molecule has 0 aliphatic carbocycles. The summed E-state index contributed by atoms with van der Waals surface area (Å²) in [7, 11) is 0. The minimum absolute atomic E-state index is 0.834. The molecule has 1 fully saturated rings. The maximum atomic E-state index is 3.55. The molecule has 0 aromatic heterocycles. The number of hydrogen-bond acceptors (Lipinski definition) is 2. The molecule has 4 heteroatoms. The van der Waals surface area contributed by atoms with Gasteiger partial charge in [0.25, 0.3) is 0 Å². The standard InChI is InChI=1S/C11H13Br2NS/c12-9-1-2-10(13)11(5-9)14-6-8-3-4-15-7-8/h1-2,5,8,14H,3-4,6-7H2. The highest BCUT2D eigenvalue weighted by Crippen LogP contribution is 2.28. The maximum Gasteiger partial charge on any atom is 0.0496 e. The SMILES string of the molecule is Brc1ccc(Br)c(NCC2CCSC2)c1. The monoisotopic (exact) mass is 349 g/mol. The molecule has 0 spiro atoms. The summed E-state index contributed by atoms with van der Waals surface area (Å²) < 4.78 is 2.25.